The van der Waals surface area contributed by atoms with Crippen molar-refractivity contribution < 1.29 is 14.3 Å². The Morgan fingerprint density at radius 1 is 1.33 bits per heavy atom. The van der Waals surface area contributed by atoms with Gasteiger partial charge in [-0.3, -0.25) is 9.59 Å². The molecule has 15 heavy (non-hydrogen) atoms. The van der Waals surface area contributed by atoms with Gasteiger partial charge in [-0.25, -0.2) is 0 Å². The third-order valence-electron chi connectivity index (χ3n) is 3.50. The molecular weight excluding hydrogens is 194 g/mol. The van der Waals surface area contributed by atoms with Crippen LogP contribution < -0.4 is 0 Å². The average Bonchev–Trinajstić information content (AvgIpc) is 2.76. The summed E-state index contributed by atoms with van der Waals surface area (Å²) in [7, 11) is 1.70. The molecule has 0 aromatic carbocycles. The third-order valence-corrected chi connectivity index (χ3v) is 3.50. The van der Waals surface area contributed by atoms with Gasteiger partial charge >= 0.3 is 0 Å². The van der Waals surface area contributed by atoms with Crippen molar-refractivity contribution in [1.82, 2.24) is 4.90 Å². The van der Waals surface area contributed by atoms with E-state index in [1.165, 1.54) is 0 Å². The Hall–Kier alpha value is -0.900. The molecular formula is C11H17NO3. The number of nitrogens with zero attached hydrogens (tertiary/aromatic N) is 1. The summed E-state index contributed by atoms with van der Waals surface area (Å²) in [6.07, 6.45) is 4.40. The number of ketones is 1. The van der Waals surface area contributed by atoms with E-state index in [2.05, 4.69) is 0 Å². The predicted octanol–water partition coefficient (Wildman–Crippen LogP) is 0.747. The van der Waals surface area contributed by atoms with Crippen LogP contribution in [0.3, 0.4) is 0 Å². The molecule has 1 aliphatic heterocycles. The van der Waals surface area contributed by atoms with E-state index in [1.54, 1.807) is 12.0 Å². The third kappa shape index (κ3) is 2.04. The highest BCUT2D eigenvalue weighted by molar-refractivity contribution is 6.05. The molecule has 1 amide bonds. The van der Waals surface area contributed by atoms with Crippen LogP contribution in [-0.2, 0) is 14.3 Å². The largest absolute Gasteiger partial charge is 0.376 e. The zero-order valence-electron chi connectivity index (χ0n) is 9.12. The second-order valence-electron chi connectivity index (χ2n) is 4.56. The maximum Gasteiger partial charge on any atom is 0.230 e. The molecule has 4 nitrogen and oxygen atoms in total. The van der Waals surface area contributed by atoms with Gasteiger partial charge in [0.2, 0.25) is 5.91 Å². The van der Waals surface area contributed by atoms with Gasteiger partial charge in [0.05, 0.1) is 25.1 Å². The monoisotopic (exact) mass is 211 g/mol. The maximum atomic E-state index is 11.5. The Kier molecular flexibility index (Phi) is 2.78. The molecule has 0 radical (unpaired) electrons. The summed E-state index contributed by atoms with van der Waals surface area (Å²) in [6.45, 7) is 0.873. The van der Waals surface area contributed by atoms with Crippen LogP contribution in [-0.4, -0.2) is 42.4 Å². The fraction of sp³-hybridized carbons (Fsp3) is 0.818. The second-order valence-corrected chi connectivity index (χ2v) is 4.56. The van der Waals surface area contributed by atoms with Gasteiger partial charge in [-0.05, 0) is 12.8 Å². The molecule has 1 aliphatic carbocycles. The smallest absolute Gasteiger partial charge is 0.230 e. The Morgan fingerprint density at radius 3 is 2.47 bits per heavy atom. The number of amides is 1. The minimum Gasteiger partial charge on any atom is -0.376 e. The molecule has 1 saturated carbocycles. The van der Waals surface area contributed by atoms with Crippen molar-refractivity contribution in [3.05, 3.63) is 0 Å². The number of carbonyl (C=O) groups excluding carboxylic acids is 2. The molecule has 2 aliphatic rings. The summed E-state index contributed by atoms with van der Waals surface area (Å²) in [6, 6.07) is 0. The highest BCUT2D eigenvalue weighted by atomic mass is 16.5. The average molecular weight is 211 g/mol. The number of hydrogen-bond acceptors (Lipinski definition) is 3. The number of methoxy groups -OCH3 is 1. The molecule has 84 valence electrons. The van der Waals surface area contributed by atoms with Gasteiger partial charge in [-0.15, -0.1) is 0 Å². The van der Waals surface area contributed by atoms with E-state index >= 15 is 0 Å². The molecule has 2 fully saturated rings. The predicted molar refractivity (Wildman–Crippen MR) is 54.4 cm³/mol. The first kappa shape index (κ1) is 10.6. The minimum absolute atomic E-state index is 0.0317. The van der Waals surface area contributed by atoms with Gasteiger partial charge in [-0.2, -0.15) is 0 Å². The lowest BCUT2D eigenvalue weighted by Crippen LogP contribution is -2.43. The van der Waals surface area contributed by atoms with Crippen molar-refractivity contribution in [3.8, 4) is 0 Å². The SMILES string of the molecule is COC1(CN2CC(=O)CC2=O)CCCC1. The fourth-order valence-corrected chi connectivity index (χ4v) is 2.58. The van der Waals surface area contributed by atoms with E-state index in [9.17, 15) is 9.59 Å². The molecule has 1 heterocycles. The van der Waals surface area contributed by atoms with Gasteiger partial charge in [0.1, 0.15) is 0 Å². The van der Waals surface area contributed by atoms with Crippen molar-refractivity contribution in [2.24, 2.45) is 0 Å². The van der Waals surface area contributed by atoms with Gasteiger partial charge < -0.3 is 9.64 Å². The zero-order valence-corrected chi connectivity index (χ0v) is 9.12. The van der Waals surface area contributed by atoms with Gasteiger partial charge in [-0.1, -0.05) is 12.8 Å². The summed E-state index contributed by atoms with van der Waals surface area (Å²) in [5.41, 5.74) is -0.180. The first-order chi connectivity index (χ1) is 7.15. The maximum absolute atomic E-state index is 11.5. The van der Waals surface area contributed by atoms with Gasteiger partial charge in [0, 0.05) is 7.11 Å². The van der Waals surface area contributed by atoms with Crippen LogP contribution in [0.4, 0.5) is 0 Å². The van der Waals surface area contributed by atoms with Gasteiger partial charge in [0.15, 0.2) is 5.78 Å². The van der Waals surface area contributed by atoms with Crippen molar-refractivity contribution >= 4 is 11.7 Å². The lowest BCUT2D eigenvalue weighted by Gasteiger charge is -2.31. The molecule has 1 saturated heterocycles. The van der Waals surface area contributed by atoms with Crippen LogP contribution in [0.15, 0.2) is 0 Å². The van der Waals surface area contributed by atoms with Crippen LogP contribution in [0.1, 0.15) is 32.1 Å². The number of carbonyl (C=O) groups is 2. The fourth-order valence-electron chi connectivity index (χ4n) is 2.58. The van der Waals surface area contributed by atoms with Crippen molar-refractivity contribution in [1.29, 1.82) is 0 Å². The summed E-state index contributed by atoms with van der Waals surface area (Å²) in [5, 5.41) is 0. The summed E-state index contributed by atoms with van der Waals surface area (Å²) >= 11 is 0. The zero-order chi connectivity index (χ0) is 10.9. The van der Waals surface area contributed by atoms with Crippen molar-refractivity contribution in [2.45, 2.75) is 37.7 Å². The molecule has 0 atom stereocenters. The molecule has 2 rings (SSSR count). The summed E-state index contributed by atoms with van der Waals surface area (Å²) in [4.78, 5) is 24.3. The summed E-state index contributed by atoms with van der Waals surface area (Å²) in [5.74, 6) is -0.00688. The molecule has 0 N–H and O–H groups in total. The number of hydrogen-bond donors (Lipinski definition) is 0. The minimum atomic E-state index is -0.180. The Balaban J connectivity index is 2.01. The summed E-state index contributed by atoms with van der Waals surface area (Å²) < 4.78 is 5.54. The number of Topliss-reactive ketones (excluding diaryl/α,β-unsaturated/α-hetero) is 1. The van der Waals surface area contributed by atoms with Crippen LogP contribution >= 0.6 is 0 Å². The molecule has 0 unspecified atom stereocenters. The first-order valence-electron chi connectivity index (χ1n) is 5.50. The second kappa shape index (κ2) is 3.93. The van der Waals surface area contributed by atoms with E-state index in [-0.39, 0.29) is 30.3 Å². The Labute approximate surface area is 89.6 Å². The van der Waals surface area contributed by atoms with E-state index < -0.39 is 0 Å². The van der Waals surface area contributed by atoms with E-state index in [1.807, 2.05) is 0 Å². The molecule has 0 aromatic rings. The highest BCUT2D eigenvalue weighted by Crippen LogP contribution is 2.34. The molecule has 0 bridgehead atoms. The topological polar surface area (TPSA) is 46.6 Å². The Morgan fingerprint density at radius 2 is 2.00 bits per heavy atom. The van der Waals surface area contributed by atoms with Crippen molar-refractivity contribution in [2.75, 3.05) is 20.2 Å². The lowest BCUT2D eigenvalue weighted by molar-refractivity contribution is -0.131. The first-order valence-corrected chi connectivity index (χ1v) is 5.50. The van der Waals surface area contributed by atoms with Crippen LogP contribution in [0.5, 0.6) is 0 Å². The lowest BCUT2D eigenvalue weighted by atomic mass is 10.0. The molecule has 4 heteroatoms. The van der Waals surface area contributed by atoms with Crippen LogP contribution in [0.2, 0.25) is 0 Å². The number of ether oxygens (including phenoxy) is 1. The number of likely N-dealkylation sites (tertiary alicyclic amines) is 1. The quantitative estimate of drug-likeness (QED) is 0.647. The normalized spacial score (nSPS) is 25.3. The van der Waals surface area contributed by atoms with E-state index in [0.717, 1.165) is 25.7 Å². The van der Waals surface area contributed by atoms with E-state index in [4.69, 9.17) is 4.74 Å². The standard InChI is InChI=1S/C11H17NO3/c1-15-11(4-2-3-5-11)8-12-7-9(13)6-10(12)14/h2-8H2,1H3. The van der Waals surface area contributed by atoms with Crippen LogP contribution in [0.25, 0.3) is 0 Å². The molecule has 0 aromatic heterocycles. The van der Waals surface area contributed by atoms with Crippen molar-refractivity contribution in [3.63, 3.8) is 0 Å². The molecule has 0 spiro atoms. The Bertz CT molecular complexity index is 282. The number of rotatable bonds is 3. The van der Waals surface area contributed by atoms with E-state index in [0.29, 0.717) is 6.54 Å². The highest BCUT2D eigenvalue weighted by Gasteiger charge is 2.39. The van der Waals surface area contributed by atoms with Crippen LogP contribution in [0, 0.1) is 0 Å². The van der Waals surface area contributed by atoms with Gasteiger partial charge in [0.25, 0.3) is 0 Å².